The molecule has 1 spiro atoms. The van der Waals surface area contributed by atoms with E-state index in [0.717, 1.165) is 13.1 Å². The van der Waals surface area contributed by atoms with Crippen LogP contribution in [0.2, 0.25) is 0 Å². The van der Waals surface area contributed by atoms with Gasteiger partial charge in [-0.3, -0.25) is 0 Å². The second kappa shape index (κ2) is 4.72. The van der Waals surface area contributed by atoms with Gasteiger partial charge in [0.05, 0.1) is 0 Å². The third kappa shape index (κ3) is 2.37. The maximum atomic E-state index is 5.85. The molecule has 100 valence electrons. The van der Waals surface area contributed by atoms with Crippen molar-refractivity contribution in [1.29, 1.82) is 0 Å². The Morgan fingerprint density at radius 1 is 0.706 bits per heavy atom. The van der Waals surface area contributed by atoms with Crippen LogP contribution < -0.4 is 0 Å². The Labute approximate surface area is 103 Å². The van der Waals surface area contributed by atoms with E-state index < -0.39 is 7.51 Å². The van der Waals surface area contributed by atoms with Crippen molar-refractivity contribution in [3.05, 3.63) is 0 Å². The first kappa shape index (κ1) is 12.3. The number of hydrogen-bond acceptors (Lipinski definition) is 5. The van der Waals surface area contributed by atoms with Crippen LogP contribution in [0.15, 0.2) is 0 Å². The summed E-state index contributed by atoms with van der Waals surface area (Å²) >= 11 is 0. The molecule has 0 aromatic rings. The Morgan fingerprint density at radius 2 is 1.18 bits per heavy atom. The van der Waals surface area contributed by atoms with Crippen molar-refractivity contribution in [3.63, 3.8) is 0 Å². The molecular formula is C11H22NO4P. The van der Waals surface area contributed by atoms with Crippen molar-refractivity contribution >= 4 is 7.51 Å². The third-order valence-electron chi connectivity index (χ3n) is 3.66. The van der Waals surface area contributed by atoms with Gasteiger partial charge in [0.1, 0.15) is 0 Å². The van der Waals surface area contributed by atoms with E-state index in [-0.39, 0.29) is 0 Å². The van der Waals surface area contributed by atoms with E-state index >= 15 is 0 Å². The summed E-state index contributed by atoms with van der Waals surface area (Å²) in [5, 5.41) is 0. The fourth-order valence-corrected chi connectivity index (χ4v) is 6.26. The summed E-state index contributed by atoms with van der Waals surface area (Å²) in [7, 11) is -3.18. The van der Waals surface area contributed by atoms with Gasteiger partial charge in [0.15, 0.2) is 0 Å². The standard InChI is InChI=1S/C11H22NO4P/c1-2-4-6-12(5-3-1)11-17(13-7-8-14-17)15-9-10-16-17/h1-11H2. The first-order chi connectivity index (χ1) is 8.31. The van der Waals surface area contributed by atoms with Crippen LogP contribution in [0.3, 0.4) is 0 Å². The molecule has 3 heterocycles. The number of nitrogens with zero attached hydrogens (tertiary/aromatic N) is 1. The van der Waals surface area contributed by atoms with E-state index in [9.17, 15) is 0 Å². The molecule has 0 atom stereocenters. The monoisotopic (exact) mass is 263 g/mol. The van der Waals surface area contributed by atoms with Gasteiger partial charge < -0.3 is 0 Å². The molecule has 3 aliphatic heterocycles. The molecule has 3 saturated heterocycles. The molecule has 3 aliphatic rings. The van der Waals surface area contributed by atoms with Gasteiger partial charge in [-0.15, -0.1) is 0 Å². The first-order valence-electron chi connectivity index (χ1n) is 6.65. The van der Waals surface area contributed by atoms with E-state index in [1.165, 1.54) is 25.7 Å². The molecule has 0 aromatic carbocycles. The quantitative estimate of drug-likeness (QED) is 0.714. The summed E-state index contributed by atoms with van der Waals surface area (Å²) in [6, 6.07) is 0. The number of hydrogen-bond donors (Lipinski definition) is 0. The number of rotatable bonds is 2. The third-order valence-corrected chi connectivity index (χ3v) is 7.25. The molecule has 0 aromatic heterocycles. The molecule has 0 saturated carbocycles. The van der Waals surface area contributed by atoms with Crippen molar-refractivity contribution in [2.45, 2.75) is 25.7 Å². The Balaban J connectivity index is 1.72. The van der Waals surface area contributed by atoms with Crippen LogP contribution in [-0.2, 0) is 18.1 Å². The molecule has 5 nitrogen and oxygen atoms in total. The van der Waals surface area contributed by atoms with Crippen LogP contribution in [0.4, 0.5) is 0 Å². The molecule has 0 unspecified atom stereocenters. The van der Waals surface area contributed by atoms with E-state index in [2.05, 4.69) is 4.90 Å². The summed E-state index contributed by atoms with van der Waals surface area (Å²) < 4.78 is 23.4. The van der Waals surface area contributed by atoms with E-state index in [0.29, 0.717) is 32.7 Å². The van der Waals surface area contributed by atoms with Gasteiger partial charge in [-0.1, -0.05) is 0 Å². The van der Waals surface area contributed by atoms with Crippen molar-refractivity contribution < 1.29 is 18.1 Å². The Bertz CT molecular complexity index is 245. The summed E-state index contributed by atoms with van der Waals surface area (Å²) in [4.78, 5) is 2.40. The predicted molar refractivity (Wildman–Crippen MR) is 65.6 cm³/mol. The second-order valence-electron chi connectivity index (χ2n) is 4.97. The normalized spacial score (nSPS) is 35.4. The zero-order valence-electron chi connectivity index (χ0n) is 10.3. The summed E-state index contributed by atoms with van der Waals surface area (Å²) in [5.41, 5.74) is 0. The van der Waals surface area contributed by atoms with Crippen LogP contribution in [0.5, 0.6) is 0 Å². The fraction of sp³-hybridized carbons (Fsp3) is 1.00. The molecule has 17 heavy (non-hydrogen) atoms. The van der Waals surface area contributed by atoms with Crippen molar-refractivity contribution in [2.75, 3.05) is 45.8 Å². The van der Waals surface area contributed by atoms with Gasteiger partial charge in [-0.25, -0.2) is 0 Å². The zero-order chi connectivity index (χ0) is 11.6. The van der Waals surface area contributed by atoms with E-state index in [4.69, 9.17) is 18.1 Å². The summed E-state index contributed by atoms with van der Waals surface area (Å²) in [6.07, 6.45) is 5.87. The maximum absolute atomic E-state index is 5.85. The van der Waals surface area contributed by atoms with Crippen LogP contribution >= 0.6 is 7.51 Å². The van der Waals surface area contributed by atoms with Gasteiger partial charge in [0, 0.05) is 0 Å². The fourth-order valence-electron chi connectivity index (χ4n) is 2.85. The van der Waals surface area contributed by atoms with Crippen molar-refractivity contribution in [1.82, 2.24) is 4.90 Å². The molecule has 0 bridgehead atoms. The zero-order valence-corrected chi connectivity index (χ0v) is 11.2. The average molecular weight is 263 g/mol. The van der Waals surface area contributed by atoms with Gasteiger partial charge in [0.25, 0.3) is 0 Å². The average Bonchev–Trinajstić information content (AvgIpc) is 2.85. The molecule has 3 rings (SSSR count). The molecule has 0 amide bonds. The Hall–Kier alpha value is 0.230. The predicted octanol–water partition coefficient (Wildman–Crippen LogP) is 2.13. The molecule has 0 aliphatic carbocycles. The van der Waals surface area contributed by atoms with Gasteiger partial charge >= 0.3 is 102 Å². The summed E-state index contributed by atoms with van der Waals surface area (Å²) in [6.45, 7) is 4.63. The Morgan fingerprint density at radius 3 is 1.65 bits per heavy atom. The number of likely N-dealkylation sites (tertiary alicyclic amines) is 1. The van der Waals surface area contributed by atoms with E-state index in [1.807, 2.05) is 0 Å². The van der Waals surface area contributed by atoms with Crippen molar-refractivity contribution in [2.24, 2.45) is 0 Å². The SMILES string of the molecule is C1CCCN(CP23(OCCO2)OCCO3)CC1. The summed E-state index contributed by atoms with van der Waals surface area (Å²) in [5.74, 6) is 0. The van der Waals surface area contributed by atoms with Crippen molar-refractivity contribution in [3.8, 4) is 0 Å². The van der Waals surface area contributed by atoms with Crippen LogP contribution in [0.25, 0.3) is 0 Å². The first-order valence-corrected chi connectivity index (χ1v) is 8.74. The topological polar surface area (TPSA) is 40.2 Å². The molecule has 0 N–H and O–H groups in total. The van der Waals surface area contributed by atoms with Crippen LogP contribution in [-0.4, -0.2) is 50.7 Å². The minimum absolute atomic E-state index is 0.603. The Kier molecular flexibility index (Phi) is 3.41. The van der Waals surface area contributed by atoms with E-state index in [1.54, 1.807) is 0 Å². The molecule has 3 fully saturated rings. The van der Waals surface area contributed by atoms with Crippen LogP contribution in [0, 0.1) is 0 Å². The van der Waals surface area contributed by atoms with Crippen LogP contribution in [0.1, 0.15) is 25.7 Å². The molecule has 0 radical (unpaired) electrons. The van der Waals surface area contributed by atoms with Gasteiger partial charge in [-0.2, -0.15) is 0 Å². The molecule has 6 heteroatoms. The molecular weight excluding hydrogens is 241 g/mol. The second-order valence-corrected chi connectivity index (χ2v) is 8.21. The minimum atomic E-state index is -3.18. The van der Waals surface area contributed by atoms with Gasteiger partial charge in [0.2, 0.25) is 0 Å². The van der Waals surface area contributed by atoms with Gasteiger partial charge in [-0.05, 0) is 0 Å².